The van der Waals surface area contributed by atoms with Gasteiger partial charge in [0.25, 0.3) is 0 Å². The highest BCUT2D eigenvalue weighted by Gasteiger charge is 2.03. The van der Waals surface area contributed by atoms with E-state index in [9.17, 15) is 8.78 Å². The summed E-state index contributed by atoms with van der Waals surface area (Å²) >= 11 is 0. The van der Waals surface area contributed by atoms with Crippen molar-refractivity contribution in [1.29, 1.82) is 0 Å². The van der Waals surface area contributed by atoms with Crippen molar-refractivity contribution in [2.75, 3.05) is 6.54 Å². The van der Waals surface area contributed by atoms with Gasteiger partial charge in [-0.3, -0.25) is 0 Å². The second-order valence-electron chi connectivity index (χ2n) is 4.90. The number of halogens is 2. The lowest BCUT2D eigenvalue weighted by molar-refractivity contribution is 0.577. The van der Waals surface area contributed by atoms with Crippen molar-refractivity contribution in [3.63, 3.8) is 0 Å². The summed E-state index contributed by atoms with van der Waals surface area (Å²) in [6, 6.07) is 9.51. The molecular weight excluding hydrogens is 272 g/mol. The van der Waals surface area contributed by atoms with Crippen molar-refractivity contribution in [1.82, 2.24) is 14.9 Å². The second kappa shape index (κ2) is 6.01. The van der Waals surface area contributed by atoms with Gasteiger partial charge in [-0.1, -0.05) is 6.07 Å². The third-order valence-electron chi connectivity index (χ3n) is 3.33. The van der Waals surface area contributed by atoms with E-state index in [1.165, 1.54) is 12.1 Å². The molecule has 3 aromatic rings. The summed E-state index contributed by atoms with van der Waals surface area (Å²) in [5.74, 6) is -1.07. The van der Waals surface area contributed by atoms with Crippen molar-refractivity contribution >= 4 is 5.52 Å². The Morgan fingerprint density at radius 2 is 1.90 bits per heavy atom. The Morgan fingerprint density at radius 1 is 1.10 bits per heavy atom. The van der Waals surface area contributed by atoms with Gasteiger partial charge in [0.1, 0.15) is 11.6 Å². The van der Waals surface area contributed by atoms with Gasteiger partial charge < -0.3 is 5.32 Å². The summed E-state index contributed by atoms with van der Waals surface area (Å²) in [6.45, 7) is 1.32. The first-order valence-corrected chi connectivity index (χ1v) is 6.79. The fourth-order valence-corrected chi connectivity index (χ4v) is 2.33. The van der Waals surface area contributed by atoms with Crippen LogP contribution in [-0.2, 0) is 13.0 Å². The summed E-state index contributed by atoms with van der Waals surface area (Å²) in [6.07, 6.45) is 4.30. The molecule has 0 fully saturated rings. The van der Waals surface area contributed by atoms with Crippen LogP contribution in [0.4, 0.5) is 8.78 Å². The standard InChI is InChI=1S/C16H15F2N3/c17-14-7-12(8-15(18)9-14)4-5-19-10-13-11-20-21-6-2-1-3-16(13)21/h1-3,6-9,11,19H,4-5,10H2. The maximum absolute atomic E-state index is 13.1. The van der Waals surface area contributed by atoms with E-state index in [0.717, 1.165) is 17.1 Å². The Labute approximate surface area is 121 Å². The molecule has 1 aromatic carbocycles. The van der Waals surface area contributed by atoms with Crippen LogP contribution in [0, 0.1) is 11.6 Å². The number of hydrogen-bond donors (Lipinski definition) is 1. The van der Waals surface area contributed by atoms with Gasteiger partial charge in [-0.05, 0) is 42.8 Å². The summed E-state index contributed by atoms with van der Waals surface area (Å²) in [4.78, 5) is 0. The van der Waals surface area contributed by atoms with Crippen molar-refractivity contribution in [2.45, 2.75) is 13.0 Å². The molecule has 2 heterocycles. The minimum absolute atomic E-state index is 0.535. The van der Waals surface area contributed by atoms with Crippen LogP contribution in [0.15, 0.2) is 48.8 Å². The first kappa shape index (κ1) is 13.7. The van der Waals surface area contributed by atoms with E-state index in [0.29, 0.717) is 25.1 Å². The molecule has 3 nitrogen and oxygen atoms in total. The Bertz CT molecular complexity index is 732. The molecule has 5 heteroatoms. The molecule has 3 rings (SSSR count). The van der Waals surface area contributed by atoms with Crippen LogP contribution >= 0.6 is 0 Å². The Morgan fingerprint density at radius 3 is 2.71 bits per heavy atom. The number of fused-ring (bicyclic) bond motifs is 1. The molecule has 1 N–H and O–H groups in total. The zero-order chi connectivity index (χ0) is 14.7. The average Bonchev–Trinajstić information content (AvgIpc) is 2.86. The fourth-order valence-electron chi connectivity index (χ4n) is 2.33. The van der Waals surface area contributed by atoms with Gasteiger partial charge in [0.15, 0.2) is 0 Å². The SMILES string of the molecule is Fc1cc(F)cc(CCNCc2cnn3ccccc23)c1. The van der Waals surface area contributed by atoms with Gasteiger partial charge in [-0.2, -0.15) is 5.10 Å². The van der Waals surface area contributed by atoms with Crippen LogP contribution in [0.1, 0.15) is 11.1 Å². The van der Waals surface area contributed by atoms with Crippen LogP contribution < -0.4 is 5.32 Å². The molecule has 0 aliphatic rings. The average molecular weight is 287 g/mol. The molecule has 0 saturated heterocycles. The van der Waals surface area contributed by atoms with Crippen LogP contribution in [0.2, 0.25) is 0 Å². The molecule has 2 aromatic heterocycles. The molecule has 0 saturated carbocycles. The smallest absolute Gasteiger partial charge is 0.126 e. The molecule has 0 radical (unpaired) electrons. The minimum atomic E-state index is -0.535. The zero-order valence-electron chi connectivity index (χ0n) is 11.4. The van der Waals surface area contributed by atoms with Crippen molar-refractivity contribution < 1.29 is 8.78 Å². The van der Waals surface area contributed by atoms with Gasteiger partial charge in [0.2, 0.25) is 0 Å². The lowest BCUT2D eigenvalue weighted by atomic mass is 10.1. The number of nitrogens with one attached hydrogen (secondary N) is 1. The molecule has 21 heavy (non-hydrogen) atoms. The largest absolute Gasteiger partial charge is 0.312 e. The molecule has 0 unspecified atom stereocenters. The number of pyridine rings is 1. The Hall–Kier alpha value is -2.27. The molecule has 0 aliphatic carbocycles. The molecule has 0 spiro atoms. The van der Waals surface area contributed by atoms with Gasteiger partial charge in [-0.25, -0.2) is 13.3 Å². The van der Waals surface area contributed by atoms with E-state index >= 15 is 0 Å². The van der Waals surface area contributed by atoms with Gasteiger partial charge in [0.05, 0.1) is 11.7 Å². The van der Waals surface area contributed by atoms with Crippen LogP contribution in [0.3, 0.4) is 0 Å². The summed E-state index contributed by atoms with van der Waals surface area (Å²) < 4.78 is 27.9. The lowest BCUT2D eigenvalue weighted by Crippen LogP contribution is -2.16. The Kier molecular flexibility index (Phi) is 3.92. The summed E-state index contributed by atoms with van der Waals surface area (Å²) in [5.41, 5.74) is 2.81. The van der Waals surface area contributed by atoms with Crippen molar-refractivity contribution in [3.8, 4) is 0 Å². The van der Waals surface area contributed by atoms with Gasteiger partial charge in [0, 0.05) is 24.4 Å². The van der Waals surface area contributed by atoms with Crippen molar-refractivity contribution in [3.05, 3.63) is 71.6 Å². The summed E-state index contributed by atoms with van der Waals surface area (Å²) in [5, 5.41) is 7.53. The van der Waals surface area contributed by atoms with E-state index in [2.05, 4.69) is 10.4 Å². The number of benzene rings is 1. The van der Waals surface area contributed by atoms with Gasteiger partial charge >= 0.3 is 0 Å². The molecule has 0 atom stereocenters. The van der Waals surface area contributed by atoms with Crippen molar-refractivity contribution in [2.24, 2.45) is 0 Å². The monoisotopic (exact) mass is 287 g/mol. The number of nitrogens with zero attached hydrogens (tertiary/aromatic N) is 2. The first-order valence-electron chi connectivity index (χ1n) is 6.79. The highest BCUT2D eigenvalue weighted by atomic mass is 19.1. The van der Waals surface area contributed by atoms with Crippen LogP contribution in [0.5, 0.6) is 0 Å². The number of hydrogen-bond acceptors (Lipinski definition) is 2. The third kappa shape index (κ3) is 3.25. The van der Waals surface area contributed by atoms with Gasteiger partial charge in [-0.15, -0.1) is 0 Å². The highest BCUT2D eigenvalue weighted by molar-refractivity contribution is 5.53. The highest BCUT2D eigenvalue weighted by Crippen LogP contribution is 2.10. The molecule has 0 aliphatic heterocycles. The van der Waals surface area contributed by atoms with E-state index < -0.39 is 11.6 Å². The maximum atomic E-state index is 13.1. The minimum Gasteiger partial charge on any atom is -0.312 e. The molecule has 0 bridgehead atoms. The molecular formula is C16H15F2N3. The summed E-state index contributed by atoms with van der Waals surface area (Å²) in [7, 11) is 0. The normalized spacial score (nSPS) is 11.1. The molecule has 0 amide bonds. The third-order valence-corrected chi connectivity index (χ3v) is 3.33. The number of rotatable bonds is 5. The second-order valence-corrected chi connectivity index (χ2v) is 4.90. The van der Waals surface area contributed by atoms with Crippen LogP contribution in [0.25, 0.3) is 5.52 Å². The predicted molar refractivity (Wildman–Crippen MR) is 77.0 cm³/mol. The zero-order valence-corrected chi connectivity index (χ0v) is 11.4. The first-order chi connectivity index (χ1) is 10.2. The van der Waals surface area contributed by atoms with E-state index in [1.54, 1.807) is 0 Å². The number of aromatic nitrogens is 2. The fraction of sp³-hybridized carbons (Fsp3) is 0.188. The van der Waals surface area contributed by atoms with Crippen LogP contribution in [-0.4, -0.2) is 16.2 Å². The predicted octanol–water partition coefficient (Wildman–Crippen LogP) is 2.94. The Balaban J connectivity index is 1.56. The topological polar surface area (TPSA) is 29.3 Å². The quantitative estimate of drug-likeness (QED) is 0.731. The lowest BCUT2D eigenvalue weighted by Gasteiger charge is -2.05. The van der Waals surface area contributed by atoms with E-state index in [4.69, 9.17) is 0 Å². The maximum Gasteiger partial charge on any atom is 0.126 e. The van der Waals surface area contributed by atoms with E-state index in [-0.39, 0.29) is 0 Å². The van der Waals surface area contributed by atoms with E-state index in [1.807, 2.05) is 35.1 Å². The molecule has 108 valence electrons.